The third kappa shape index (κ3) is 5.95. The predicted octanol–water partition coefficient (Wildman–Crippen LogP) is 4.10. The van der Waals surface area contributed by atoms with Gasteiger partial charge < -0.3 is 20.8 Å². The first-order valence-corrected chi connectivity index (χ1v) is 10.9. The van der Waals surface area contributed by atoms with Crippen LogP contribution in [0.5, 0.6) is 0 Å². The second-order valence-electron chi connectivity index (χ2n) is 7.16. The van der Waals surface area contributed by atoms with Crippen LogP contribution in [-0.2, 0) is 0 Å². The molecule has 0 aliphatic heterocycles. The number of nitrogens with one attached hydrogen (secondary N) is 2. The lowest BCUT2D eigenvalue weighted by molar-refractivity contribution is 0.0916. The van der Waals surface area contributed by atoms with Crippen LogP contribution >= 0.6 is 23.2 Å². The average molecular weight is 475 g/mol. The van der Waals surface area contributed by atoms with Gasteiger partial charge in [0.25, 0.3) is 5.91 Å². The first-order valence-electron chi connectivity index (χ1n) is 10.1. The van der Waals surface area contributed by atoms with E-state index in [1.165, 1.54) is 6.20 Å². The minimum absolute atomic E-state index is 0.0361. The summed E-state index contributed by atoms with van der Waals surface area (Å²) in [4.78, 5) is 21.3. The van der Waals surface area contributed by atoms with Gasteiger partial charge in [-0.15, -0.1) is 0 Å². The van der Waals surface area contributed by atoms with Crippen molar-refractivity contribution in [2.75, 3.05) is 18.5 Å². The molecule has 32 heavy (non-hydrogen) atoms. The van der Waals surface area contributed by atoms with Crippen molar-refractivity contribution >= 4 is 35.1 Å². The third-order valence-corrected chi connectivity index (χ3v) is 5.46. The highest BCUT2D eigenvalue weighted by atomic mass is 35.5. The highest BCUT2D eigenvalue weighted by Crippen LogP contribution is 2.27. The van der Waals surface area contributed by atoms with E-state index in [0.717, 1.165) is 0 Å². The fourth-order valence-electron chi connectivity index (χ4n) is 3.08. The topological polar surface area (TPSA) is 107 Å². The Morgan fingerprint density at radius 1 is 1.09 bits per heavy atom. The number of aliphatic hydroxyl groups excluding tert-OH is 2. The lowest BCUT2D eigenvalue weighted by Crippen LogP contribution is -2.30. The Balaban J connectivity index is 1.76. The number of hydrogen-bond acceptors (Lipinski definition) is 6. The standard InChI is InChI=1S/C23H24Cl2N4O3/c1-2-18(12-30)27-23-26-11-19(25)21(29-23)14-6-8-15(9-7-14)22(32)28-20(13-31)16-4-3-5-17(24)10-16/h3-11,18,20,30-31H,2,12-13H2,1H3,(H,28,32)(H,26,27,29)/t18-,20+/m0/s1. The van der Waals surface area contributed by atoms with Gasteiger partial charge in [-0.2, -0.15) is 0 Å². The number of aromatic nitrogens is 2. The van der Waals surface area contributed by atoms with Gasteiger partial charge in [0.15, 0.2) is 0 Å². The van der Waals surface area contributed by atoms with E-state index in [-0.39, 0.29) is 25.2 Å². The lowest BCUT2D eigenvalue weighted by Gasteiger charge is -2.17. The Bertz CT molecular complexity index is 1060. The fraction of sp³-hybridized carbons (Fsp3) is 0.261. The van der Waals surface area contributed by atoms with Crippen LogP contribution in [0.15, 0.2) is 54.7 Å². The van der Waals surface area contributed by atoms with Gasteiger partial charge in [-0.25, -0.2) is 9.97 Å². The summed E-state index contributed by atoms with van der Waals surface area (Å²) in [6.07, 6.45) is 2.21. The molecule has 2 atom stereocenters. The number of amides is 1. The summed E-state index contributed by atoms with van der Waals surface area (Å²) >= 11 is 12.3. The highest BCUT2D eigenvalue weighted by Gasteiger charge is 2.16. The zero-order valence-electron chi connectivity index (χ0n) is 17.4. The van der Waals surface area contributed by atoms with Gasteiger partial charge in [-0.05, 0) is 36.2 Å². The molecule has 0 unspecified atom stereocenters. The monoisotopic (exact) mass is 474 g/mol. The lowest BCUT2D eigenvalue weighted by atomic mass is 10.1. The quantitative estimate of drug-likeness (QED) is 0.371. The SMILES string of the molecule is CC[C@@H](CO)Nc1ncc(Cl)c(-c2ccc(C(=O)N[C@H](CO)c3cccc(Cl)c3)cc2)n1. The molecule has 0 saturated carbocycles. The molecule has 1 aromatic heterocycles. The molecule has 0 aliphatic rings. The van der Waals surface area contributed by atoms with E-state index < -0.39 is 6.04 Å². The molecular formula is C23H24Cl2N4O3. The van der Waals surface area contributed by atoms with Gasteiger partial charge in [0.1, 0.15) is 0 Å². The minimum Gasteiger partial charge on any atom is -0.394 e. The molecular weight excluding hydrogens is 451 g/mol. The molecule has 1 amide bonds. The molecule has 7 nitrogen and oxygen atoms in total. The number of hydrogen-bond donors (Lipinski definition) is 4. The number of benzene rings is 2. The van der Waals surface area contributed by atoms with E-state index in [4.69, 9.17) is 23.2 Å². The maximum Gasteiger partial charge on any atom is 0.251 e. The van der Waals surface area contributed by atoms with Gasteiger partial charge in [0, 0.05) is 16.1 Å². The van der Waals surface area contributed by atoms with Crippen LogP contribution in [0, 0.1) is 0 Å². The maximum atomic E-state index is 12.7. The highest BCUT2D eigenvalue weighted by molar-refractivity contribution is 6.33. The van der Waals surface area contributed by atoms with Gasteiger partial charge in [0.2, 0.25) is 5.95 Å². The predicted molar refractivity (Wildman–Crippen MR) is 126 cm³/mol. The Morgan fingerprint density at radius 3 is 2.47 bits per heavy atom. The van der Waals surface area contributed by atoms with Crippen molar-refractivity contribution in [1.29, 1.82) is 0 Å². The van der Waals surface area contributed by atoms with Crippen LogP contribution in [0.1, 0.15) is 35.3 Å². The second kappa shape index (κ2) is 11.2. The molecule has 0 aliphatic carbocycles. The summed E-state index contributed by atoms with van der Waals surface area (Å²) < 4.78 is 0. The van der Waals surface area contributed by atoms with E-state index in [1.807, 2.05) is 6.92 Å². The van der Waals surface area contributed by atoms with Crippen LogP contribution in [0.25, 0.3) is 11.3 Å². The minimum atomic E-state index is -0.580. The number of aliphatic hydroxyl groups is 2. The molecule has 3 aromatic rings. The van der Waals surface area contributed by atoms with Crippen LogP contribution in [-0.4, -0.2) is 45.3 Å². The molecule has 9 heteroatoms. The second-order valence-corrected chi connectivity index (χ2v) is 8.01. The largest absolute Gasteiger partial charge is 0.394 e. The van der Waals surface area contributed by atoms with Crippen LogP contribution in [0.4, 0.5) is 5.95 Å². The van der Waals surface area contributed by atoms with Crippen molar-refractivity contribution in [2.24, 2.45) is 0 Å². The number of carbonyl (C=O) groups is 1. The number of carbonyl (C=O) groups excluding carboxylic acids is 1. The first kappa shape index (κ1) is 23.9. The van der Waals surface area contributed by atoms with Gasteiger partial charge in [-0.1, -0.05) is 54.4 Å². The Hall–Kier alpha value is -2.71. The molecule has 0 radical (unpaired) electrons. The molecule has 168 valence electrons. The number of halogens is 2. The van der Waals surface area contributed by atoms with Crippen LogP contribution in [0.2, 0.25) is 10.0 Å². The van der Waals surface area contributed by atoms with E-state index in [9.17, 15) is 15.0 Å². The average Bonchev–Trinajstić information content (AvgIpc) is 2.82. The van der Waals surface area contributed by atoms with Gasteiger partial charge >= 0.3 is 0 Å². The van der Waals surface area contributed by atoms with Crippen molar-refractivity contribution < 1.29 is 15.0 Å². The summed E-state index contributed by atoms with van der Waals surface area (Å²) in [6, 6.07) is 13.0. The fourth-order valence-corrected chi connectivity index (χ4v) is 3.48. The molecule has 0 spiro atoms. The molecule has 3 rings (SSSR count). The van der Waals surface area contributed by atoms with Crippen molar-refractivity contribution in [3.63, 3.8) is 0 Å². The maximum absolute atomic E-state index is 12.7. The molecule has 1 heterocycles. The molecule has 0 saturated heterocycles. The van der Waals surface area contributed by atoms with Crippen molar-refractivity contribution in [3.05, 3.63) is 75.9 Å². The first-order chi connectivity index (χ1) is 15.4. The molecule has 2 aromatic carbocycles. The summed E-state index contributed by atoms with van der Waals surface area (Å²) in [5.74, 6) is 0.0277. The van der Waals surface area contributed by atoms with E-state index in [0.29, 0.717) is 44.8 Å². The van der Waals surface area contributed by atoms with Crippen molar-refractivity contribution in [1.82, 2.24) is 15.3 Å². The summed E-state index contributed by atoms with van der Waals surface area (Å²) in [5, 5.41) is 25.8. The van der Waals surface area contributed by atoms with Gasteiger partial charge in [0.05, 0.1) is 42.2 Å². The van der Waals surface area contributed by atoms with Crippen LogP contribution in [0.3, 0.4) is 0 Å². The number of rotatable bonds is 9. The Labute approximate surface area is 196 Å². The van der Waals surface area contributed by atoms with Crippen molar-refractivity contribution in [3.8, 4) is 11.3 Å². The number of anilines is 1. The summed E-state index contributed by atoms with van der Waals surface area (Å²) in [5.41, 5.74) is 2.36. The smallest absolute Gasteiger partial charge is 0.251 e. The third-order valence-electron chi connectivity index (χ3n) is 4.95. The summed E-state index contributed by atoms with van der Waals surface area (Å²) in [7, 11) is 0. The zero-order valence-corrected chi connectivity index (χ0v) is 18.9. The Kier molecular flexibility index (Phi) is 8.41. The zero-order chi connectivity index (χ0) is 23.1. The van der Waals surface area contributed by atoms with E-state index in [1.54, 1.807) is 48.5 Å². The molecule has 0 fully saturated rings. The van der Waals surface area contributed by atoms with Crippen LogP contribution < -0.4 is 10.6 Å². The normalized spacial score (nSPS) is 12.8. The van der Waals surface area contributed by atoms with E-state index >= 15 is 0 Å². The molecule has 4 N–H and O–H groups in total. The van der Waals surface area contributed by atoms with Gasteiger partial charge in [-0.3, -0.25) is 4.79 Å². The number of nitrogens with zero attached hydrogens (tertiary/aromatic N) is 2. The summed E-state index contributed by atoms with van der Waals surface area (Å²) in [6.45, 7) is 1.65. The van der Waals surface area contributed by atoms with Crippen molar-refractivity contribution in [2.45, 2.75) is 25.4 Å². The van der Waals surface area contributed by atoms with E-state index in [2.05, 4.69) is 20.6 Å². The molecule has 0 bridgehead atoms. The Morgan fingerprint density at radius 2 is 1.84 bits per heavy atom.